The highest BCUT2D eigenvalue weighted by atomic mass is 16.3. The smallest absolute Gasteiger partial charge is 0.239 e. The van der Waals surface area contributed by atoms with Gasteiger partial charge < -0.3 is 14.6 Å². The van der Waals surface area contributed by atoms with Crippen LogP contribution in [0.25, 0.3) is 0 Å². The minimum Gasteiger partial charge on any atom is -0.469 e. The molecule has 4 heteroatoms. The second-order valence-corrected chi connectivity index (χ2v) is 4.45. The standard InChI is InChI=1S/C13H20N2O2/c1-2-7-14-12-6-9-15(13(12)16)8-5-11-4-3-10-17-11/h3-4,10,12,14H,2,5-9H2,1H3. The molecule has 1 fully saturated rings. The predicted molar refractivity (Wildman–Crippen MR) is 65.7 cm³/mol. The van der Waals surface area contributed by atoms with Gasteiger partial charge in [-0.3, -0.25) is 4.79 Å². The molecule has 1 aromatic rings. The van der Waals surface area contributed by atoms with E-state index in [4.69, 9.17) is 4.42 Å². The number of nitrogens with one attached hydrogen (secondary N) is 1. The van der Waals surface area contributed by atoms with Gasteiger partial charge >= 0.3 is 0 Å². The molecule has 0 aromatic carbocycles. The quantitative estimate of drug-likeness (QED) is 0.812. The maximum Gasteiger partial charge on any atom is 0.239 e. The first-order chi connectivity index (χ1) is 8.31. The Morgan fingerprint density at radius 2 is 2.47 bits per heavy atom. The van der Waals surface area contributed by atoms with Gasteiger partial charge in [-0.25, -0.2) is 0 Å². The number of carbonyl (C=O) groups excluding carboxylic acids is 1. The van der Waals surface area contributed by atoms with Gasteiger partial charge in [-0.15, -0.1) is 0 Å². The number of hydrogen-bond donors (Lipinski definition) is 1. The third-order valence-corrected chi connectivity index (χ3v) is 3.15. The molecule has 2 heterocycles. The van der Waals surface area contributed by atoms with Gasteiger partial charge in [-0.1, -0.05) is 6.92 Å². The van der Waals surface area contributed by atoms with Gasteiger partial charge in [-0.05, 0) is 31.5 Å². The Hall–Kier alpha value is -1.29. The Labute approximate surface area is 102 Å². The molecule has 1 aliphatic rings. The first-order valence-corrected chi connectivity index (χ1v) is 6.36. The summed E-state index contributed by atoms with van der Waals surface area (Å²) in [4.78, 5) is 13.9. The molecule has 1 aromatic heterocycles. The maximum atomic E-state index is 12.0. The van der Waals surface area contributed by atoms with Gasteiger partial charge in [0.15, 0.2) is 0 Å². The van der Waals surface area contributed by atoms with Crippen LogP contribution in [0, 0.1) is 0 Å². The Kier molecular flexibility index (Phi) is 4.20. The van der Waals surface area contributed by atoms with Crippen molar-refractivity contribution >= 4 is 5.91 Å². The molecule has 4 nitrogen and oxygen atoms in total. The minimum atomic E-state index is 0.0338. The van der Waals surface area contributed by atoms with Gasteiger partial charge in [0.1, 0.15) is 5.76 Å². The third-order valence-electron chi connectivity index (χ3n) is 3.15. The number of amides is 1. The van der Waals surface area contributed by atoms with E-state index < -0.39 is 0 Å². The lowest BCUT2D eigenvalue weighted by atomic mass is 10.2. The normalized spacial score (nSPS) is 20.2. The molecule has 94 valence electrons. The van der Waals surface area contributed by atoms with Crippen molar-refractivity contribution in [1.29, 1.82) is 0 Å². The summed E-state index contributed by atoms with van der Waals surface area (Å²) < 4.78 is 5.27. The summed E-state index contributed by atoms with van der Waals surface area (Å²) in [6, 6.07) is 3.87. The molecule has 1 aliphatic heterocycles. The molecule has 17 heavy (non-hydrogen) atoms. The number of nitrogens with zero attached hydrogens (tertiary/aromatic N) is 1. The molecule has 1 amide bonds. The summed E-state index contributed by atoms with van der Waals surface area (Å²) in [5.74, 6) is 1.19. The highest BCUT2D eigenvalue weighted by Crippen LogP contribution is 2.12. The molecular formula is C13H20N2O2. The average Bonchev–Trinajstić information content (AvgIpc) is 2.95. The van der Waals surface area contributed by atoms with Crippen molar-refractivity contribution in [3.05, 3.63) is 24.2 Å². The summed E-state index contributed by atoms with van der Waals surface area (Å²) in [5.41, 5.74) is 0. The molecule has 1 N–H and O–H groups in total. The number of furan rings is 1. The van der Waals surface area contributed by atoms with Crippen molar-refractivity contribution in [1.82, 2.24) is 10.2 Å². The van der Waals surface area contributed by atoms with Gasteiger partial charge in [-0.2, -0.15) is 0 Å². The Morgan fingerprint density at radius 1 is 1.59 bits per heavy atom. The second-order valence-electron chi connectivity index (χ2n) is 4.45. The van der Waals surface area contributed by atoms with Crippen LogP contribution < -0.4 is 5.32 Å². The summed E-state index contributed by atoms with van der Waals surface area (Å²) in [5, 5.41) is 3.29. The highest BCUT2D eigenvalue weighted by Gasteiger charge is 2.30. The van der Waals surface area contributed by atoms with Crippen LogP contribution in [0.2, 0.25) is 0 Å². The van der Waals surface area contributed by atoms with Crippen LogP contribution in [-0.4, -0.2) is 36.5 Å². The van der Waals surface area contributed by atoms with Crippen molar-refractivity contribution in [2.45, 2.75) is 32.2 Å². The van der Waals surface area contributed by atoms with E-state index in [-0.39, 0.29) is 11.9 Å². The van der Waals surface area contributed by atoms with Crippen LogP contribution in [0.15, 0.2) is 22.8 Å². The number of hydrogen-bond acceptors (Lipinski definition) is 3. The maximum absolute atomic E-state index is 12.0. The topological polar surface area (TPSA) is 45.5 Å². The van der Waals surface area contributed by atoms with E-state index in [9.17, 15) is 4.79 Å². The van der Waals surface area contributed by atoms with Crippen LogP contribution in [-0.2, 0) is 11.2 Å². The zero-order chi connectivity index (χ0) is 12.1. The lowest BCUT2D eigenvalue weighted by Crippen LogP contribution is -2.39. The van der Waals surface area contributed by atoms with Gasteiger partial charge in [0, 0.05) is 19.5 Å². The first kappa shape index (κ1) is 12.2. The lowest BCUT2D eigenvalue weighted by Gasteiger charge is -2.16. The fourth-order valence-corrected chi connectivity index (χ4v) is 2.17. The van der Waals surface area contributed by atoms with Crippen molar-refractivity contribution in [2.24, 2.45) is 0 Å². The van der Waals surface area contributed by atoms with Crippen molar-refractivity contribution in [3.63, 3.8) is 0 Å². The van der Waals surface area contributed by atoms with E-state index in [2.05, 4.69) is 12.2 Å². The Balaban J connectivity index is 1.77. The second kappa shape index (κ2) is 5.87. The van der Waals surface area contributed by atoms with Crippen molar-refractivity contribution < 1.29 is 9.21 Å². The highest BCUT2D eigenvalue weighted by molar-refractivity contribution is 5.83. The first-order valence-electron chi connectivity index (χ1n) is 6.36. The summed E-state index contributed by atoms with van der Waals surface area (Å²) in [6.07, 6.45) is 4.47. The van der Waals surface area contributed by atoms with E-state index in [1.165, 1.54) is 0 Å². The van der Waals surface area contributed by atoms with E-state index in [1.807, 2.05) is 17.0 Å². The molecule has 0 spiro atoms. The SMILES string of the molecule is CCCNC1CCN(CCc2ccco2)C1=O. The fraction of sp³-hybridized carbons (Fsp3) is 0.615. The Morgan fingerprint density at radius 3 is 3.18 bits per heavy atom. The van der Waals surface area contributed by atoms with Crippen LogP contribution in [0.5, 0.6) is 0 Å². The summed E-state index contributed by atoms with van der Waals surface area (Å²) in [6.45, 7) is 4.65. The summed E-state index contributed by atoms with van der Waals surface area (Å²) in [7, 11) is 0. The molecule has 0 aliphatic carbocycles. The average molecular weight is 236 g/mol. The monoisotopic (exact) mass is 236 g/mol. The van der Waals surface area contributed by atoms with Gasteiger partial charge in [0.25, 0.3) is 0 Å². The van der Waals surface area contributed by atoms with Crippen LogP contribution in [0.1, 0.15) is 25.5 Å². The zero-order valence-electron chi connectivity index (χ0n) is 10.3. The van der Waals surface area contributed by atoms with Gasteiger partial charge in [0.2, 0.25) is 5.91 Å². The molecule has 2 rings (SSSR count). The molecule has 0 saturated carbocycles. The van der Waals surface area contributed by atoms with Crippen molar-refractivity contribution in [3.8, 4) is 0 Å². The van der Waals surface area contributed by atoms with Crippen LogP contribution in [0.4, 0.5) is 0 Å². The third kappa shape index (κ3) is 3.09. The molecule has 1 saturated heterocycles. The molecule has 0 bridgehead atoms. The molecule has 1 unspecified atom stereocenters. The van der Waals surface area contributed by atoms with E-state index >= 15 is 0 Å². The van der Waals surface area contributed by atoms with Gasteiger partial charge in [0.05, 0.1) is 12.3 Å². The predicted octanol–water partition coefficient (Wildman–Crippen LogP) is 1.42. The van der Waals surface area contributed by atoms with Crippen LogP contribution >= 0.6 is 0 Å². The number of likely N-dealkylation sites (tertiary alicyclic amines) is 1. The van der Waals surface area contributed by atoms with Crippen molar-refractivity contribution in [2.75, 3.05) is 19.6 Å². The van der Waals surface area contributed by atoms with Crippen LogP contribution in [0.3, 0.4) is 0 Å². The zero-order valence-corrected chi connectivity index (χ0v) is 10.3. The molecule has 0 radical (unpaired) electrons. The van der Waals surface area contributed by atoms with E-state index in [0.717, 1.165) is 44.7 Å². The lowest BCUT2D eigenvalue weighted by molar-refractivity contribution is -0.129. The van der Waals surface area contributed by atoms with E-state index in [1.54, 1.807) is 6.26 Å². The minimum absolute atomic E-state index is 0.0338. The number of carbonyl (C=O) groups is 1. The largest absolute Gasteiger partial charge is 0.469 e. The molecule has 1 atom stereocenters. The fourth-order valence-electron chi connectivity index (χ4n) is 2.17. The molecular weight excluding hydrogens is 216 g/mol. The number of rotatable bonds is 6. The Bertz CT molecular complexity index is 348. The summed E-state index contributed by atoms with van der Waals surface area (Å²) >= 11 is 0. The van der Waals surface area contributed by atoms with E-state index in [0.29, 0.717) is 0 Å².